The van der Waals surface area contributed by atoms with Crippen molar-refractivity contribution < 1.29 is 87.8 Å². The number of H-pyrrole nitrogens is 2. The second kappa shape index (κ2) is 27.6. The lowest BCUT2D eigenvalue weighted by atomic mass is 10.0. The predicted octanol–water partition coefficient (Wildman–Crippen LogP) is 23.9. The minimum absolute atomic E-state index is 0.126. The minimum Gasteiger partial charge on any atom is -0.354 e. The van der Waals surface area contributed by atoms with Gasteiger partial charge in [0.15, 0.2) is 93.1 Å². The number of nitrogens with zero attached hydrogens (tertiary/aromatic N) is 4. The lowest BCUT2D eigenvalue weighted by Gasteiger charge is -2.45. The monoisotopic (exact) mass is 1490 g/mol. The van der Waals surface area contributed by atoms with E-state index in [1.165, 1.54) is 0 Å². The molecule has 28 heteroatoms. The van der Waals surface area contributed by atoms with Crippen LogP contribution < -0.4 is 0 Å². The van der Waals surface area contributed by atoms with Crippen molar-refractivity contribution in [2.75, 3.05) is 0 Å². The number of aromatic amines is 2. The molecule has 11 rings (SSSR count). The molecule has 4 aliphatic heterocycles. The Hall–Kier alpha value is -9.89. The molecule has 0 fully saturated rings. The van der Waals surface area contributed by atoms with Crippen LogP contribution in [0.25, 0.3) is 120 Å². The van der Waals surface area contributed by atoms with Gasteiger partial charge in [-0.15, -0.1) is 5.54 Å². The van der Waals surface area contributed by atoms with Crippen LogP contribution in [0.3, 0.4) is 0 Å². The average molecular weight is 1490 g/mol. The lowest BCUT2D eigenvalue weighted by Crippen LogP contribution is -2.46. The zero-order valence-electron chi connectivity index (χ0n) is 56.9. The van der Waals surface area contributed by atoms with Gasteiger partial charge in [0, 0.05) is 49.9 Å². The second-order valence-electron chi connectivity index (χ2n) is 27.0. The summed E-state index contributed by atoms with van der Waals surface area (Å²) in [6.45, 7) is 27.1. The van der Waals surface area contributed by atoms with Crippen molar-refractivity contribution in [1.29, 1.82) is 0 Å². The topological polar surface area (TPSA) is 83.1 Å². The number of nitrogens with one attached hydrogen (secondary N) is 2. The Kier molecular flexibility index (Phi) is 20.0. The number of hydrogen-bond donors (Lipinski definition) is 2. The molecule has 0 atom stereocenters. The standard InChI is InChI=1S/C76H58F20N6Si2/c1-28(2)103(29(3)4,30(5)6)27-26-35-36-14-16-40(97-36)49(53-57(77)65(85)73(93)66(86)58(53)78)44-22-24-46(101-44)51(55-61(81)69(89)75(95)70(90)62(55)82)42-20-18-38(99-42)48(34(13)104(31(7)8,32(9)10)33(11)12)39-19-21-43(100-39)52(56-63(83)71(91)76(96)72(92)64(56)84)47-25-23-45(102-47)50(41-17-15-37(35)98-41)54-59(79)67(87)74(94)68(88)60(54)80/h14-25,28-33,101-102H,13H2,1-12H3. The van der Waals surface area contributed by atoms with E-state index in [2.05, 4.69) is 38.0 Å². The third-order valence-corrected chi connectivity index (χ3v) is 33.2. The number of aromatic nitrogens is 6. The van der Waals surface area contributed by atoms with E-state index in [4.69, 9.17) is 9.97 Å². The van der Waals surface area contributed by atoms with Crippen molar-refractivity contribution >= 4 is 92.0 Å². The Morgan fingerprint density at radius 2 is 0.490 bits per heavy atom. The number of halogens is 20. The summed E-state index contributed by atoms with van der Waals surface area (Å²) in [6.07, 6.45) is 8.46. The molecule has 2 N–H and O–H groups in total. The van der Waals surface area contributed by atoms with Crippen molar-refractivity contribution in [3.63, 3.8) is 0 Å². The maximum Gasteiger partial charge on any atom is 0.200 e. The highest BCUT2D eigenvalue weighted by Crippen LogP contribution is 2.52. The molecule has 7 aromatic rings. The molecule has 12 bridgehead atoms. The van der Waals surface area contributed by atoms with Gasteiger partial charge < -0.3 is 9.97 Å². The summed E-state index contributed by atoms with van der Waals surface area (Å²) in [7, 11) is -6.30. The molecule has 4 aromatic carbocycles. The average Bonchev–Trinajstić information content (AvgIpc) is 1.65. The molecule has 3 aromatic heterocycles. The normalized spacial score (nSPS) is 12.9. The molecule has 0 spiro atoms. The molecule has 0 saturated heterocycles. The molecule has 0 amide bonds. The molecule has 0 radical (unpaired) electrons. The zero-order chi connectivity index (χ0) is 76.4. The van der Waals surface area contributed by atoms with Gasteiger partial charge in [-0.05, 0) is 106 Å². The van der Waals surface area contributed by atoms with Gasteiger partial charge in [-0.25, -0.2) is 108 Å². The van der Waals surface area contributed by atoms with E-state index in [0.717, 1.165) is 72.9 Å². The number of fused-ring (bicyclic) bond motifs is 12. The maximum absolute atomic E-state index is 16.8. The number of benzene rings is 4. The summed E-state index contributed by atoms with van der Waals surface area (Å²) < 4.78 is 321. The Morgan fingerprint density at radius 1 is 0.288 bits per heavy atom. The van der Waals surface area contributed by atoms with Gasteiger partial charge in [-0.3, -0.25) is 0 Å². The summed E-state index contributed by atoms with van der Waals surface area (Å²) in [4.78, 5) is 23.8. The van der Waals surface area contributed by atoms with Gasteiger partial charge in [0.05, 0.1) is 81.4 Å². The molecular weight excluding hydrogens is 1430 g/mol. The Bertz CT molecular complexity index is 5030. The fourth-order valence-corrected chi connectivity index (χ4v) is 27.4. The van der Waals surface area contributed by atoms with E-state index in [1.54, 1.807) is 0 Å². The number of rotatable bonds is 12. The van der Waals surface area contributed by atoms with Crippen LogP contribution in [0.15, 0.2) is 30.8 Å². The zero-order valence-corrected chi connectivity index (χ0v) is 58.9. The van der Waals surface area contributed by atoms with Crippen LogP contribution in [0.4, 0.5) is 87.8 Å². The highest BCUT2D eigenvalue weighted by Gasteiger charge is 2.48. The van der Waals surface area contributed by atoms with Crippen molar-refractivity contribution in [2.24, 2.45) is 0 Å². The first-order valence-corrected chi connectivity index (χ1v) is 36.8. The van der Waals surface area contributed by atoms with E-state index in [1.807, 2.05) is 83.1 Å². The lowest BCUT2D eigenvalue weighted by molar-refractivity contribution is 0.381. The maximum atomic E-state index is 16.8. The molecule has 0 saturated carbocycles. The van der Waals surface area contributed by atoms with Gasteiger partial charge in [0.25, 0.3) is 0 Å². The molecule has 104 heavy (non-hydrogen) atoms. The molecule has 540 valence electrons. The first kappa shape index (κ1) is 75.3. The summed E-state index contributed by atoms with van der Waals surface area (Å²) >= 11 is 0. The molecule has 0 unspecified atom stereocenters. The third-order valence-electron chi connectivity index (χ3n) is 19.9. The van der Waals surface area contributed by atoms with E-state index < -0.39 is 233 Å². The van der Waals surface area contributed by atoms with Crippen LogP contribution in [0.1, 0.15) is 140 Å². The van der Waals surface area contributed by atoms with E-state index in [-0.39, 0.29) is 61.0 Å². The van der Waals surface area contributed by atoms with E-state index in [0.29, 0.717) is 0 Å². The van der Waals surface area contributed by atoms with Crippen molar-refractivity contribution in [3.05, 3.63) is 204 Å². The highest BCUT2D eigenvalue weighted by molar-refractivity contribution is 6.99. The second-order valence-corrected chi connectivity index (χ2v) is 38.5. The first-order valence-electron chi connectivity index (χ1n) is 32.3. The highest BCUT2D eigenvalue weighted by atomic mass is 28.3. The van der Waals surface area contributed by atoms with Crippen LogP contribution >= 0.6 is 0 Å². The Balaban J connectivity index is 1.48. The smallest absolute Gasteiger partial charge is 0.200 e. The van der Waals surface area contributed by atoms with Gasteiger partial charge in [-0.1, -0.05) is 101 Å². The molecular formula is C76H58F20N6Si2. The van der Waals surface area contributed by atoms with Gasteiger partial charge in [-0.2, -0.15) is 0 Å². The fourth-order valence-electron chi connectivity index (χ4n) is 15.4. The molecule has 0 aliphatic carbocycles. The Morgan fingerprint density at radius 3 is 0.712 bits per heavy atom. The summed E-state index contributed by atoms with van der Waals surface area (Å²) in [6, 6.07) is 3.46. The van der Waals surface area contributed by atoms with Gasteiger partial charge >= 0.3 is 0 Å². The van der Waals surface area contributed by atoms with Crippen LogP contribution in [0.5, 0.6) is 0 Å². The predicted molar refractivity (Wildman–Crippen MR) is 366 cm³/mol. The van der Waals surface area contributed by atoms with Crippen LogP contribution in [0, 0.1) is 128 Å². The fraction of sp³-hybridized carbons (Fsp3) is 0.237. The van der Waals surface area contributed by atoms with Gasteiger partial charge in [0.1, 0.15) is 8.07 Å². The summed E-state index contributed by atoms with van der Waals surface area (Å²) in [5.41, 5.74) is -16.6. The summed E-state index contributed by atoms with van der Waals surface area (Å²) in [5, 5.41) is 0.243. The third kappa shape index (κ3) is 11.7. The van der Waals surface area contributed by atoms with Crippen molar-refractivity contribution in [3.8, 4) is 56.0 Å². The van der Waals surface area contributed by atoms with Crippen molar-refractivity contribution in [1.82, 2.24) is 29.9 Å². The largest absolute Gasteiger partial charge is 0.354 e. The minimum atomic E-state index is -3.30. The van der Waals surface area contributed by atoms with Crippen LogP contribution in [-0.4, -0.2) is 46.1 Å². The molecule has 7 heterocycles. The van der Waals surface area contributed by atoms with E-state index >= 15 is 87.8 Å². The molecule has 4 aliphatic rings. The molecule has 6 nitrogen and oxygen atoms in total. The van der Waals surface area contributed by atoms with Crippen LogP contribution in [0.2, 0.25) is 33.2 Å². The first-order chi connectivity index (χ1) is 48.8. The SMILES string of the molecule is C=C(c1c2nc(c(-c3c(F)c(F)c(F)c(F)c3F)c3ccc([nH]3)c(-c3c(F)c(F)c(F)c(F)c3F)c3nc(c(C#C[Si](C(C)C)(C(C)C)C(C)C)c4nc(c(-c5c(F)c(F)c(F)c(F)c5F)c5ccc([nH]5)c(-c5c(F)c(F)c(F)c(F)c5F)c5nc1C=C5)C=C4)C=C3)C=C2)[Si](C(C)C)(C(C)C)C(C)C. The van der Waals surface area contributed by atoms with Crippen LogP contribution in [-0.2, 0) is 0 Å². The number of hydrogen-bond acceptors (Lipinski definition) is 4. The van der Waals surface area contributed by atoms with E-state index in [9.17, 15) is 0 Å². The van der Waals surface area contributed by atoms with Crippen molar-refractivity contribution in [2.45, 2.75) is 116 Å². The van der Waals surface area contributed by atoms with Gasteiger partial charge in [0.2, 0.25) is 23.3 Å². The Labute approximate surface area is 583 Å². The summed E-state index contributed by atoms with van der Waals surface area (Å²) in [5.74, 6) is -47.3. The quantitative estimate of drug-likeness (QED) is 0.0420.